The number of para-hydroxylation sites is 1. The smallest absolute Gasteiger partial charge is 0.229 e. The average Bonchev–Trinajstić information content (AvgIpc) is 2.44. The highest BCUT2D eigenvalue weighted by Crippen LogP contribution is 2.10. The van der Waals surface area contributed by atoms with Crippen molar-refractivity contribution in [1.29, 1.82) is 0 Å². The summed E-state index contributed by atoms with van der Waals surface area (Å²) in [5.41, 5.74) is 6.71. The zero-order valence-electron chi connectivity index (χ0n) is 12.1. The summed E-state index contributed by atoms with van der Waals surface area (Å²) >= 11 is 4.89. The van der Waals surface area contributed by atoms with E-state index in [1.54, 1.807) is 0 Å². The number of amides is 1. The zero-order chi connectivity index (χ0) is 15.0. The molecule has 0 bridgehead atoms. The first kappa shape index (κ1) is 16.4. The maximum absolute atomic E-state index is 11.8. The predicted molar refractivity (Wildman–Crippen MR) is 87.9 cm³/mol. The number of carbonyl (C=O) groups excluding carboxylic acids is 1. The van der Waals surface area contributed by atoms with Crippen LogP contribution in [0.2, 0.25) is 0 Å². The third-order valence-corrected chi connectivity index (χ3v) is 3.52. The summed E-state index contributed by atoms with van der Waals surface area (Å²) in [4.78, 5) is 14.3. The molecular formula is C15H23N3OS. The van der Waals surface area contributed by atoms with Gasteiger partial charge in [0.05, 0.1) is 10.9 Å². The summed E-state index contributed by atoms with van der Waals surface area (Å²) in [7, 11) is 2.04. The average molecular weight is 293 g/mol. The molecule has 0 aliphatic heterocycles. The lowest BCUT2D eigenvalue weighted by Crippen LogP contribution is -2.38. The lowest BCUT2D eigenvalue weighted by molar-refractivity contribution is -0.123. The Hall–Kier alpha value is -1.62. The van der Waals surface area contributed by atoms with Crippen molar-refractivity contribution < 1.29 is 4.79 Å². The number of thiocarbonyl (C=S) groups is 1. The minimum absolute atomic E-state index is 0.0673. The van der Waals surface area contributed by atoms with E-state index in [9.17, 15) is 4.79 Å². The fraction of sp³-hybridized carbons (Fsp3) is 0.467. The molecule has 1 atom stereocenters. The van der Waals surface area contributed by atoms with Gasteiger partial charge in [0, 0.05) is 25.8 Å². The van der Waals surface area contributed by atoms with Crippen LogP contribution in [0.4, 0.5) is 5.69 Å². The van der Waals surface area contributed by atoms with Crippen LogP contribution in [0.15, 0.2) is 30.3 Å². The number of carbonyl (C=O) groups is 1. The molecule has 0 spiro atoms. The molecule has 0 aliphatic carbocycles. The Bertz CT molecular complexity index is 436. The largest absolute Gasteiger partial charge is 0.393 e. The number of hydrogen-bond donors (Lipinski definition) is 2. The van der Waals surface area contributed by atoms with Crippen molar-refractivity contribution in [2.24, 2.45) is 11.7 Å². The standard InChI is InChI=1S/C15H23N3OS/c1-3-13(14(16)20)15(19)17-10-7-11-18(2)12-8-5-4-6-9-12/h4-6,8-9,13H,3,7,10-11H2,1-2H3,(H2,16,20)(H,17,19). The van der Waals surface area contributed by atoms with E-state index in [2.05, 4.69) is 22.3 Å². The molecule has 1 amide bonds. The van der Waals surface area contributed by atoms with Crippen LogP contribution < -0.4 is 16.0 Å². The fourth-order valence-corrected chi connectivity index (χ4v) is 2.25. The Morgan fingerprint density at radius 2 is 2.05 bits per heavy atom. The fourth-order valence-electron chi connectivity index (χ4n) is 1.98. The maximum atomic E-state index is 11.8. The molecule has 0 saturated heterocycles. The monoisotopic (exact) mass is 293 g/mol. The number of benzene rings is 1. The Morgan fingerprint density at radius 3 is 2.60 bits per heavy atom. The third-order valence-electron chi connectivity index (χ3n) is 3.23. The molecule has 1 unspecified atom stereocenters. The molecule has 20 heavy (non-hydrogen) atoms. The minimum atomic E-state index is -0.350. The normalized spacial score (nSPS) is 11.7. The van der Waals surface area contributed by atoms with E-state index in [0.29, 0.717) is 13.0 Å². The summed E-state index contributed by atoms with van der Waals surface area (Å²) in [6.07, 6.45) is 1.52. The van der Waals surface area contributed by atoms with Crippen molar-refractivity contribution in [3.05, 3.63) is 30.3 Å². The van der Waals surface area contributed by atoms with Crippen molar-refractivity contribution in [3.8, 4) is 0 Å². The van der Waals surface area contributed by atoms with Gasteiger partial charge in [0.25, 0.3) is 0 Å². The first-order valence-electron chi connectivity index (χ1n) is 6.89. The number of hydrogen-bond acceptors (Lipinski definition) is 3. The van der Waals surface area contributed by atoms with Crippen molar-refractivity contribution in [2.75, 3.05) is 25.0 Å². The molecule has 5 heteroatoms. The number of anilines is 1. The van der Waals surface area contributed by atoms with Gasteiger partial charge in [-0.15, -0.1) is 0 Å². The molecule has 0 aliphatic rings. The van der Waals surface area contributed by atoms with Gasteiger partial charge in [-0.25, -0.2) is 0 Å². The molecule has 1 aromatic rings. The van der Waals surface area contributed by atoms with E-state index in [1.807, 2.05) is 32.2 Å². The number of rotatable bonds is 8. The predicted octanol–water partition coefficient (Wildman–Crippen LogP) is 1.94. The van der Waals surface area contributed by atoms with Gasteiger partial charge < -0.3 is 16.0 Å². The second kappa shape index (κ2) is 8.53. The molecular weight excluding hydrogens is 270 g/mol. The quantitative estimate of drug-likeness (QED) is 0.568. The van der Waals surface area contributed by atoms with Crippen LogP contribution in [0.3, 0.4) is 0 Å². The topological polar surface area (TPSA) is 58.4 Å². The molecule has 0 heterocycles. The summed E-state index contributed by atoms with van der Waals surface area (Å²) in [5, 5.41) is 2.89. The molecule has 3 N–H and O–H groups in total. The van der Waals surface area contributed by atoms with Gasteiger partial charge >= 0.3 is 0 Å². The van der Waals surface area contributed by atoms with E-state index in [0.717, 1.165) is 13.0 Å². The van der Waals surface area contributed by atoms with Crippen LogP contribution in [0.1, 0.15) is 19.8 Å². The summed E-state index contributed by atoms with van der Waals surface area (Å²) in [6, 6.07) is 10.2. The Kier molecular flexibility index (Phi) is 7.01. The number of nitrogens with one attached hydrogen (secondary N) is 1. The van der Waals surface area contributed by atoms with Crippen LogP contribution in [0.25, 0.3) is 0 Å². The van der Waals surface area contributed by atoms with Crippen LogP contribution >= 0.6 is 12.2 Å². The van der Waals surface area contributed by atoms with Crippen LogP contribution in [0.5, 0.6) is 0 Å². The maximum Gasteiger partial charge on any atom is 0.229 e. The highest BCUT2D eigenvalue weighted by atomic mass is 32.1. The first-order valence-corrected chi connectivity index (χ1v) is 7.30. The zero-order valence-corrected chi connectivity index (χ0v) is 13.0. The van der Waals surface area contributed by atoms with Crippen molar-refractivity contribution in [1.82, 2.24) is 5.32 Å². The van der Waals surface area contributed by atoms with Gasteiger partial charge in [-0.1, -0.05) is 37.3 Å². The van der Waals surface area contributed by atoms with E-state index in [1.165, 1.54) is 5.69 Å². The molecule has 0 aromatic heterocycles. The second-order valence-electron chi connectivity index (χ2n) is 4.76. The molecule has 0 radical (unpaired) electrons. The van der Waals surface area contributed by atoms with Crippen LogP contribution in [-0.2, 0) is 4.79 Å². The van der Waals surface area contributed by atoms with E-state index in [-0.39, 0.29) is 16.8 Å². The Labute approximate surface area is 126 Å². The van der Waals surface area contributed by atoms with Gasteiger partial charge in [0.2, 0.25) is 5.91 Å². The SMILES string of the molecule is CCC(C(=O)NCCCN(C)c1ccccc1)C(N)=S. The molecule has 1 rings (SSSR count). The van der Waals surface area contributed by atoms with Gasteiger partial charge in [-0.3, -0.25) is 4.79 Å². The number of nitrogens with two attached hydrogens (primary N) is 1. The summed E-state index contributed by atoms with van der Waals surface area (Å²) in [5.74, 6) is -0.417. The molecule has 4 nitrogen and oxygen atoms in total. The number of nitrogens with zero attached hydrogens (tertiary/aromatic N) is 1. The minimum Gasteiger partial charge on any atom is -0.393 e. The summed E-state index contributed by atoms with van der Waals surface area (Å²) in [6.45, 7) is 3.43. The third kappa shape index (κ3) is 5.17. The van der Waals surface area contributed by atoms with Crippen molar-refractivity contribution >= 4 is 28.8 Å². The molecule has 0 fully saturated rings. The molecule has 1 aromatic carbocycles. The lowest BCUT2D eigenvalue weighted by Gasteiger charge is -2.19. The highest BCUT2D eigenvalue weighted by Gasteiger charge is 2.18. The van der Waals surface area contributed by atoms with Crippen molar-refractivity contribution in [3.63, 3.8) is 0 Å². The van der Waals surface area contributed by atoms with Crippen LogP contribution in [-0.4, -0.2) is 31.0 Å². The second-order valence-corrected chi connectivity index (χ2v) is 5.24. The van der Waals surface area contributed by atoms with Crippen LogP contribution in [0, 0.1) is 5.92 Å². The first-order chi connectivity index (χ1) is 9.56. The van der Waals surface area contributed by atoms with E-state index < -0.39 is 0 Å². The Balaban J connectivity index is 2.28. The van der Waals surface area contributed by atoms with Crippen molar-refractivity contribution in [2.45, 2.75) is 19.8 Å². The van der Waals surface area contributed by atoms with E-state index >= 15 is 0 Å². The Morgan fingerprint density at radius 1 is 1.40 bits per heavy atom. The van der Waals surface area contributed by atoms with Gasteiger partial charge in [0.1, 0.15) is 0 Å². The lowest BCUT2D eigenvalue weighted by atomic mass is 10.1. The van der Waals surface area contributed by atoms with E-state index in [4.69, 9.17) is 18.0 Å². The van der Waals surface area contributed by atoms with Gasteiger partial charge in [-0.05, 0) is 25.0 Å². The van der Waals surface area contributed by atoms with Gasteiger partial charge in [-0.2, -0.15) is 0 Å². The molecule has 110 valence electrons. The van der Waals surface area contributed by atoms with Gasteiger partial charge in [0.15, 0.2) is 0 Å². The highest BCUT2D eigenvalue weighted by molar-refractivity contribution is 7.80. The molecule has 0 saturated carbocycles. The summed E-state index contributed by atoms with van der Waals surface area (Å²) < 4.78 is 0.